The molecule has 0 saturated carbocycles. The average molecular weight is 407 g/mol. The van der Waals surface area contributed by atoms with E-state index in [1.165, 1.54) is 37.8 Å². The van der Waals surface area contributed by atoms with Crippen LogP contribution in [0, 0.1) is 0 Å². The molecule has 0 radical (unpaired) electrons. The quantitative estimate of drug-likeness (QED) is 0.389. The smallest absolute Gasteiger partial charge is 0.0845 e. The minimum absolute atomic E-state index is 0.902. The van der Waals surface area contributed by atoms with Gasteiger partial charge in [-0.3, -0.25) is 0 Å². The molecule has 0 aliphatic heterocycles. The maximum Gasteiger partial charge on any atom is 0.134 e. The van der Waals surface area contributed by atoms with Gasteiger partial charge < -0.3 is 0 Å². The Kier molecular flexibility index (Phi) is 7.15. The second kappa shape index (κ2) is 9.58. The van der Waals surface area contributed by atoms with E-state index in [1.807, 2.05) is 12.1 Å². The third kappa shape index (κ3) is 4.59. The Morgan fingerprint density at radius 3 is 1.36 bits per heavy atom. The molecule has 0 unspecified atom stereocenters. The van der Waals surface area contributed by atoms with Crippen molar-refractivity contribution in [3.8, 4) is 0 Å². The molecule has 28 heavy (non-hydrogen) atoms. The Bertz CT molecular complexity index is 845. The number of halogens is 1. The molecule has 146 valence electrons. The van der Waals surface area contributed by atoms with E-state index >= 15 is 0 Å². The Morgan fingerprint density at radius 2 is 1.00 bits per heavy atom. The van der Waals surface area contributed by atoms with Gasteiger partial charge in [-0.05, 0) is 59.2 Å². The molecule has 3 aromatic rings. The molecular formula is C26H31ClSi. The van der Waals surface area contributed by atoms with Crippen LogP contribution < -0.4 is 15.6 Å². The zero-order chi connectivity index (χ0) is 20.1. The van der Waals surface area contributed by atoms with Crippen LogP contribution in [0.1, 0.15) is 49.9 Å². The molecule has 0 fully saturated rings. The highest BCUT2D eigenvalue weighted by Crippen LogP contribution is 2.12. The zero-order valence-corrected chi connectivity index (χ0v) is 19.5. The number of benzene rings is 3. The molecule has 0 aromatic heterocycles. The van der Waals surface area contributed by atoms with Gasteiger partial charge in [0.15, 0.2) is 0 Å². The summed E-state index contributed by atoms with van der Waals surface area (Å²) >= 11 is 6.75. The van der Waals surface area contributed by atoms with Crippen molar-refractivity contribution in [1.29, 1.82) is 0 Å². The van der Waals surface area contributed by atoms with Crippen molar-refractivity contribution < 1.29 is 0 Å². The maximum atomic E-state index is 6.75. The predicted octanol–water partition coefficient (Wildman–Crippen LogP) is 4.84. The van der Waals surface area contributed by atoms with Gasteiger partial charge in [0.1, 0.15) is 8.80 Å². The summed E-state index contributed by atoms with van der Waals surface area (Å²) in [5.41, 5.74) is 5.73. The lowest BCUT2D eigenvalue weighted by atomic mass is 10.1. The van der Waals surface area contributed by atoms with Crippen molar-refractivity contribution in [1.82, 2.24) is 0 Å². The van der Waals surface area contributed by atoms with E-state index in [4.69, 9.17) is 11.6 Å². The average Bonchev–Trinajstić information content (AvgIpc) is 2.74. The van der Waals surface area contributed by atoms with Crippen LogP contribution in [0.2, 0.25) is 5.02 Å². The fourth-order valence-electron chi connectivity index (χ4n) is 3.99. The lowest BCUT2D eigenvalue weighted by Crippen LogP contribution is -2.53. The summed E-state index contributed by atoms with van der Waals surface area (Å²) in [6.45, 7) is 8.99. The molecule has 0 nitrogen and oxygen atoms in total. The molecule has 0 heterocycles. The van der Waals surface area contributed by atoms with Gasteiger partial charge in [0.2, 0.25) is 0 Å². The first-order valence-electron chi connectivity index (χ1n) is 10.6. The van der Waals surface area contributed by atoms with E-state index in [9.17, 15) is 0 Å². The summed E-state index contributed by atoms with van der Waals surface area (Å²) in [5, 5.41) is 5.20. The van der Waals surface area contributed by atoms with Crippen LogP contribution in [0.5, 0.6) is 0 Å². The summed E-state index contributed by atoms with van der Waals surface area (Å²) in [6.07, 6.45) is 4.28. The first kappa shape index (κ1) is 20.9. The molecule has 0 saturated heterocycles. The van der Waals surface area contributed by atoms with Gasteiger partial charge in [0.05, 0.1) is 0 Å². The van der Waals surface area contributed by atoms with Crippen LogP contribution in [0.15, 0.2) is 60.7 Å². The van der Waals surface area contributed by atoms with E-state index in [0.29, 0.717) is 0 Å². The first-order chi connectivity index (χ1) is 13.6. The monoisotopic (exact) mass is 406 g/mol. The molecule has 0 amide bonds. The highest BCUT2D eigenvalue weighted by Gasteiger charge is 2.23. The fourth-order valence-corrected chi connectivity index (χ4v) is 7.76. The topological polar surface area (TPSA) is 0 Å². The van der Waals surface area contributed by atoms with Crippen molar-refractivity contribution in [3.05, 3.63) is 87.9 Å². The molecule has 3 aromatic carbocycles. The minimum atomic E-state index is -1.65. The van der Waals surface area contributed by atoms with Gasteiger partial charge in [0.25, 0.3) is 0 Å². The Balaban J connectivity index is 2.27. The maximum absolute atomic E-state index is 6.75. The second-order valence-corrected chi connectivity index (χ2v) is 10.8. The molecule has 0 N–H and O–H groups in total. The lowest BCUT2D eigenvalue weighted by molar-refractivity contribution is 1.09. The lowest BCUT2D eigenvalue weighted by Gasteiger charge is -2.22. The molecule has 0 spiro atoms. The largest absolute Gasteiger partial charge is 0.134 e. The van der Waals surface area contributed by atoms with Crippen LogP contribution in [0.25, 0.3) is 0 Å². The molecule has 2 heteroatoms. The normalized spacial score (nSPS) is 11.2. The summed E-state index contributed by atoms with van der Waals surface area (Å²) in [5.74, 6) is 0. The van der Waals surface area contributed by atoms with Crippen molar-refractivity contribution in [2.24, 2.45) is 0 Å². The van der Waals surface area contributed by atoms with Crippen molar-refractivity contribution >= 4 is 36.0 Å². The number of hydrogen-bond donors (Lipinski definition) is 0. The number of hydrogen-bond acceptors (Lipinski definition) is 0. The summed E-state index contributed by atoms with van der Waals surface area (Å²) in [7, 11) is -1.65. The van der Waals surface area contributed by atoms with Crippen LogP contribution in [-0.2, 0) is 25.7 Å². The highest BCUT2D eigenvalue weighted by atomic mass is 35.5. The third-order valence-electron chi connectivity index (χ3n) is 5.67. The van der Waals surface area contributed by atoms with Gasteiger partial charge >= 0.3 is 0 Å². The zero-order valence-electron chi connectivity index (χ0n) is 17.6. The first-order valence-corrected chi connectivity index (χ1v) is 12.7. The van der Waals surface area contributed by atoms with E-state index in [2.05, 4.69) is 76.2 Å². The van der Waals surface area contributed by atoms with Gasteiger partial charge in [-0.15, -0.1) is 0 Å². The minimum Gasteiger partial charge on any atom is -0.0845 e. The van der Waals surface area contributed by atoms with Gasteiger partial charge in [-0.25, -0.2) is 0 Å². The Hall–Kier alpha value is -1.83. The number of aryl methyl sites for hydroxylation is 4. The fraction of sp³-hybridized carbons (Fsp3) is 0.308. The number of rotatable bonds is 7. The van der Waals surface area contributed by atoms with Crippen molar-refractivity contribution in [2.75, 3.05) is 0 Å². The predicted molar refractivity (Wildman–Crippen MR) is 128 cm³/mol. The van der Waals surface area contributed by atoms with Crippen LogP contribution in [0.3, 0.4) is 0 Å². The Morgan fingerprint density at radius 1 is 0.607 bits per heavy atom. The molecule has 3 rings (SSSR count). The second-order valence-electron chi connectivity index (χ2n) is 7.53. The summed E-state index contributed by atoms with van der Waals surface area (Å²) in [4.78, 5) is 0. The van der Waals surface area contributed by atoms with Crippen LogP contribution in [-0.4, -0.2) is 8.80 Å². The summed E-state index contributed by atoms with van der Waals surface area (Å²) < 4.78 is 0. The van der Waals surface area contributed by atoms with E-state index in [0.717, 1.165) is 30.7 Å². The van der Waals surface area contributed by atoms with Crippen LogP contribution in [0.4, 0.5) is 0 Å². The van der Waals surface area contributed by atoms with Crippen LogP contribution >= 0.6 is 11.6 Å². The molecule has 0 bridgehead atoms. The summed E-state index contributed by atoms with van der Waals surface area (Å²) in [6, 6.07) is 22.9. The van der Waals surface area contributed by atoms with Gasteiger partial charge in [-0.2, -0.15) is 0 Å². The van der Waals surface area contributed by atoms with E-state index in [-0.39, 0.29) is 0 Å². The molecular weight excluding hydrogens is 376 g/mol. The highest BCUT2D eigenvalue weighted by molar-refractivity contribution is 6.96. The van der Waals surface area contributed by atoms with E-state index < -0.39 is 8.80 Å². The Labute approximate surface area is 177 Å². The van der Waals surface area contributed by atoms with Gasteiger partial charge in [-0.1, -0.05) is 104 Å². The molecule has 0 aliphatic carbocycles. The van der Waals surface area contributed by atoms with Gasteiger partial charge in [0, 0.05) is 5.02 Å². The molecule has 0 atom stereocenters. The van der Waals surface area contributed by atoms with Crippen molar-refractivity contribution in [2.45, 2.75) is 53.4 Å². The SMILES string of the molecule is CCc1cc(CC)cc([SiH](c2cc(CC)cc(CC)c2)c2ccccc2Cl)c1. The van der Waals surface area contributed by atoms with E-state index in [1.54, 1.807) is 0 Å². The van der Waals surface area contributed by atoms with Crippen molar-refractivity contribution in [3.63, 3.8) is 0 Å². The standard InChI is InChI=1S/C26H31ClSi/c1-5-19-13-20(6-2)16-23(15-19)28(26-12-10-9-11-25(26)27)24-17-21(7-3)14-22(8-4)18-24/h9-18,28H,5-8H2,1-4H3. The third-order valence-corrected chi connectivity index (χ3v) is 9.32. The molecule has 0 aliphatic rings.